The van der Waals surface area contributed by atoms with Gasteiger partial charge in [0, 0.05) is 5.56 Å². The molecule has 96 valence electrons. The molecule has 0 spiro atoms. The number of rotatable bonds is 3. The van der Waals surface area contributed by atoms with Crippen molar-refractivity contribution >= 4 is 10.1 Å². The summed E-state index contributed by atoms with van der Waals surface area (Å²) in [5.74, 6) is -0.0395. The van der Waals surface area contributed by atoms with Gasteiger partial charge in [-0.3, -0.25) is 4.55 Å². The Morgan fingerprint density at radius 1 is 1.39 bits per heavy atom. The van der Waals surface area contributed by atoms with Crippen molar-refractivity contribution in [3.05, 3.63) is 30.0 Å². The van der Waals surface area contributed by atoms with E-state index in [1.165, 1.54) is 18.2 Å². The first-order valence-corrected chi connectivity index (χ1v) is 6.63. The molecule has 1 aromatic heterocycles. The van der Waals surface area contributed by atoms with Crippen LogP contribution in [0.4, 0.5) is 0 Å². The Balaban J connectivity index is 2.55. The van der Waals surface area contributed by atoms with Crippen LogP contribution < -0.4 is 0 Å². The highest BCUT2D eigenvalue weighted by Gasteiger charge is 2.17. The molecule has 0 aliphatic carbocycles. The molecule has 0 unspecified atom stereocenters. The van der Waals surface area contributed by atoms with Gasteiger partial charge in [0.05, 0.1) is 4.90 Å². The van der Waals surface area contributed by atoms with Crippen LogP contribution in [0.2, 0.25) is 0 Å². The fourth-order valence-electron chi connectivity index (χ4n) is 1.54. The van der Waals surface area contributed by atoms with Crippen molar-refractivity contribution in [1.29, 1.82) is 0 Å². The number of aromatic hydroxyl groups is 1. The quantitative estimate of drug-likeness (QED) is 0.825. The average molecular weight is 269 g/mol. The number of hydrogen-bond donors (Lipinski definition) is 2. The minimum absolute atomic E-state index is 0.0809. The van der Waals surface area contributed by atoms with Gasteiger partial charge < -0.3 is 9.63 Å². The van der Waals surface area contributed by atoms with E-state index in [4.69, 9.17) is 9.08 Å². The predicted octanol–water partition coefficient (Wildman–Crippen LogP) is 1.86. The summed E-state index contributed by atoms with van der Waals surface area (Å²) in [5, 5.41) is 13.5. The maximum atomic E-state index is 11.0. The normalized spacial score (nSPS) is 11.7. The summed E-state index contributed by atoms with van der Waals surface area (Å²) >= 11 is 0. The molecule has 0 saturated heterocycles. The lowest BCUT2D eigenvalue weighted by atomic mass is 10.1. The molecule has 0 atom stereocenters. The fraction of sp³-hybridized carbons (Fsp3) is 0.182. The van der Waals surface area contributed by atoms with E-state index in [1.807, 2.05) is 0 Å². The average Bonchev–Trinajstić information content (AvgIpc) is 2.69. The van der Waals surface area contributed by atoms with Gasteiger partial charge in [-0.1, -0.05) is 24.2 Å². The second-order valence-corrected chi connectivity index (χ2v) is 5.08. The van der Waals surface area contributed by atoms with Gasteiger partial charge in [-0.25, -0.2) is 0 Å². The zero-order valence-corrected chi connectivity index (χ0v) is 10.3. The monoisotopic (exact) mass is 269 g/mol. The summed E-state index contributed by atoms with van der Waals surface area (Å²) in [5.41, 5.74) is 0.720. The Kier molecular flexibility index (Phi) is 3.10. The lowest BCUT2D eigenvalue weighted by Crippen LogP contribution is -1.97. The molecule has 0 radical (unpaired) electrons. The van der Waals surface area contributed by atoms with Gasteiger partial charge in [-0.15, -0.1) is 0 Å². The maximum Gasteiger partial charge on any atom is 0.294 e. The highest BCUT2D eigenvalue weighted by Crippen LogP contribution is 2.33. The van der Waals surface area contributed by atoms with E-state index >= 15 is 0 Å². The summed E-state index contributed by atoms with van der Waals surface area (Å²) < 4.78 is 35.9. The van der Waals surface area contributed by atoms with E-state index in [2.05, 4.69) is 5.16 Å². The molecule has 0 fully saturated rings. The van der Waals surface area contributed by atoms with Crippen LogP contribution >= 0.6 is 0 Å². The third-order valence-electron chi connectivity index (χ3n) is 2.46. The molecule has 1 aromatic carbocycles. The Morgan fingerprint density at radius 2 is 2.11 bits per heavy atom. The van der Waals surface area contributed by atoms with Crippen LogP contribution in [0.5, 0.6) is 5.75 Å². The topological polar surface area (TPSA) is 101 Å². The number of aromatic nitrogens is 1. The first-order chi connectivity index (χ1) is 8.43. The van der Waals surface area contributed by atoms with Crippen LogP contribution in [0.3, 0.4) is 0 Å². The van der Waals surface area contributed by atoms with Gasteiger partial charge in [-0.05, 0) is 18.6 Å². The molecule has 2 N–H and O–H groups in total. The largest absolute Gasteiger partial charge is 0.503 e. The predicted molar refractivity (Wildman–Crippen MR) is 62.8 cm³/mol. The molecule has 2 aromatic rings. The van der Waals surface area contributed by atoms with Crippen LogP contribution in [0.1, 0.15) is 12.6 Å². The van der Waals surface area contributed by atoms with Crippen molar-refractivity contribution in [2.45, 2.75) is 18.2 Å². The van der Waals surface area contributed by atoms with E-state index in [9.17, 15) is 13.5 Å². The Labute approximate surface area is 104 Å². The smallest absolute Gasteiger partial charge is 0.294 e. The van der Waals surface area contributed by atoms with Gasteiger partial charge >= 0.3 is 0 Å². The number of aryl methyl sites for hydroxylation is 1. The molecule has 18 heavy (non-hydrogen) atoms. The van der Waals surface area contributed by atoms with Crippen LogP contribution in [-0.4, -0.2) is 23.2 Å². The molecule has 0 aliphatic rings. The number of benzene rings is 1. The molecular weight excluding hydrogens is 258 g/mol. The second-order valence-electron chi connectivity index (χ2n) is 3.66. The lowest BCUT2D eigenvalue weighted by Gasteiger charge is -2.00. The van der Waals surface area contributed by atoms with Gasteiger partial charge in [0.25, 0.3) is 10.1 Å². The SMILES string of the molecule is CCc1noc(-c2cccc(S(=O)(=O)O)c2)c1O. The molecule has 2 rings (SSSR count). The Morgan fingerprint density at radius 3 is 2.67 bits per heavy atom. The molecular formula is C11H11NO5S. The van der Waals surface area contributed by atoms with E-state index in [0.717, 1.165) is 0 Å². The first kappa shape index (κ1) is 12.6. The zero-order chi connectivity index (χ0) is 13.3. The molecule has 6 nitrogen and oxygen atoms in total. The maximum absolute atomic E-state index is 11.0. The summed E-state index contributed by atoms with van der Waals surface area (Å²) in [4.78, 5) is -0.270. The molecule has 0 aliphatic heterocycles. The van der Waals surface area contributed by atoms with Gasteiger partial charge in [0.15, 0.2) is 5.75 Å². The second kappa shape index (κ2) is 4.43. The first-order valence-electron chi connectivity index (χ1n) is 5.19. The summed E-state index contributed by atoms with van der Waals surface area (Å²) in [6, 6.07) is 5.43. The zero-order valence-electron chi connectivity index (χ0n) is 9.49. The molecule has 0 amide bonds. The van der Waals surface area contributed by atoms with E-state index in [1.54, 1.807) is 13.0 Å². The van der Waals surface area contributed by atoms with Gasteiger partial charge in [0.2, 0.25) is 5.76 Å². The molecule has 7 heteroatoms. The minimum Gasteiger partial charge on any atom is -0.503 e. The summed E-state index contributed by atoms with van der Waals surface area (Å²) in [6.45, 7) is 1.80. The third kappa shape index (κ3) is 2.22. The van der Waals surface area contributed by atoms with Gasteiger partial charge in [-0.2, -0.15) is 8.42 Å². The van der Waals surface area contributed by atoms with E-state index < -0.39 is 10.1 Å². The highest BCUT2D eigenvalue weighted by molar-refractivity contribution is 7.85. The lowest BCUT2D eigenvalue weighted by molar-refractivity contribution is 0.418. The van der Waals surface area contributed by atoms with Crippen molar-refractivity contribution in [2.75, 3.05) is 0 Å². The van der Waals surface area contributed by atoms with Crippen LogP contribution in [-0.2, 0) is 16.5 Å². The van der Waals surface area contributed by atoms with Crippen molar-refractivity contribution in [3.8, 4) is 17.1 Å². The van der Waals surface area contributed by atoms with E-state index in [0.29, 0.717) is 17.7 Å². The van der Waals surface area contributed by atoms with Crippen molar-refractivity contribution in [2.24, 2.45) is 0 Å². The van der Waals surface area contributed by atoms with Crippen molar-refractivity contribution < 1.29 is 22.6 Å². The molecule has 1 heterocycles. The summed E-state index contributed by atoms with van der Waals surface area (Å²) in [7, 11) is -4.29. The van der Waals surface area contributed by atoms with Gasteiger partial charge in [0.1, 0.15) is 5.69 Å². The molecule has 0 saturated carbocycles. The van der Waals surface area contributed by atoms with Crippen molar-refractivity contribution in [1.82, 2.24) is 5.16 Å². The van der Waals surface area contributed by atoms with Crippen LogP contribution in [0.25, 0.3) is 11.3 Å². The van der Waals surface area contributed by atoms with E-state index in [-0.39, 0.29) is 16.4 Å². The Bertz CT molecular complexity index is 674. The van der Waals surface area contributed by atoms with Crippen LogP contribution in [0.15, 0.2) is 33.7 Å². The number of nitrogens with zero attached hydrogens (tertiary/aromatic N) is 1. The van der Waals surface area contributed by atoms with Crippen LogP contribution in [0, 0.1) is 0 Å². The fourth-order valence-corrected chi connectivity index (χ4v) is 2.06. The third-order valence-corrected chi connectivity index (χ3v) is 3.31. The number of hydrogen-bond acceptors (Lipinski definition) is 5. The summed E-state index contributed by atoms with van der Waals surface area (Å²) in [6.07, 6.45) is 0.493. The standard InChI is InChI=1S/C11H11NO5S/c1-2-9-10(13)11(17-12-9)7-4-3-5-8(6-7)18(14,15)16/h3-6,13H,2H2,1H3,(H,14,15,16). The highest BCUT2D eigenvalue weighted by atomic mass is 32.2. The Hall–Kier alpha value is -1.86. The minimum atomic E-state index is -4.29. The van der Waals surface area contributed by atoms with Crippen molar-refractivity contribution in [3.63, 3.8) is 0 Å². The molecule has 0 bridgehead atoms.